The van der Waals surface area contributed by atoms with Gasteiger partial charge in [-0.25, -0.2) is 0 Å². The van der Waals surface area contributed by atoms with Crippen molar-refractivity contribution in [1.82, 2.24) is 9.97 Å². The molecule has 0 aliphatic carbocycles. The zero-order chi connectivity index (χ0) is 8.97. The summed E-state index contributed by atoms with van der Waals surface area (Å²) >= 11 is -1.48. The molecule has 0 spiro atoms. The molecule has 0 saturated heterocycles. The van der Waals surface area contributed by atoms with Gasteiger partial charge in [-0.2, -0.15) is 0 Å². The van der Waals surface area contributed by atoms with E-state index >= 15 is 0 Å². The van der Waals surface area contributed by atoms with Gasteiger partial charge in [0.25, 0.3) is 0 Å². The van der Waals surface area contributed by atoms with Gasteiger partial charge in [-0.3, -0.25) is 0 Å². The van der Waals surface area contributed by atoms with Crippen molar-refractivity contribution in [3.05, 3.63) is 6.20 Å². The van der Waals surface area contributed by atoms with Crippen LogP contribution in [0.2, 0.25) is 0 Å². The van der Waals surface area contributed by atoms with Gasteiger partial charge in [-0.15, -0.1) is 0 Å². The number of nitrogens with zero attached hydrogens (tertiary/aromatic N) is 2. The van der Waals surface area contributed by atoms with E-state index in [2.05, 4.69) is 9.97 Å². The van der Waals surface area contributed by atoms with E-state index in [0.717, 1.165) is 3.07 Å². The molecule has 0 aliphatic rings. The Morgan fingerprint density at radius 3 is 2.67 bits per heavy atom. The van der Waals surface area contributed by atoms with E-state index in [1.165, 1.54) is 7.11 Å². The van der Waals surface area contributed by atoms with Crippen LogP contribution in [0.5, 0.6) is 11.9 Å². The summed E-state index contributed by atoms with van der Waals surface area (Å²) in [6.07, 6.45) is 1.68. The van der Waals surface area contributed by atoms with Crippen LogP contribution in [-0.2, 0) is 23.3 Å². The van der Waals surface area contributed by atoms with E-state index in [9.17, 15) is 0 Å². The van der Waals surface area contributed by atoms with Crippen LogP contribution in [-0.4, -0.2) is 24.2 Å². The summed E-state index contributed by atoms with van der Waals surface area (Å²) in [5, 5.41) is 0. The Labute approximate surface area is 86.1 Å². The Kier molecular flexibility index (Phi) is 4.01. The number of ether oxygens (including phenoxy) is 2. The minimum absolute atomic E-state index is 0.314. The van der Waals surface area contributed by atoms with Crippen molar-refractivity contribution >= 4 is 11.3 Å². The van der Waals surface area contributed by atoms with Gasteiger partial charge in [0.05, 0.1) is 0 Å². The van der Waals surface area contributed by atoms with E-state index in [0.29, 0.717) is 11.9 Å². The van der Waals surface area contributed by atoms with Crippen molar-refractivity contribution in [2.24, 2.45) is 0 Å². The van der Waals surface area contributed by atoms with Gasteiger partial charge in [0.2, 0.25) is 0 Å². The molecule has 12 heavy (non-hydrogen) atoms. The molecular formula is C6H7ClHgN2O2. The minimum atomic E-state index is -1.48. The van der Waals surface area contributed by atoms with Crippen LogP contribution < -0.4 is 12.5 Å². The van der Waals surface area contributed by atoms with Crippen molar-refractivity contribution in [1.29, 1.82) is 0 Å². The Morgan fingerprint density at radius 2 is 2.17 bits per heavy atom. The summed E-state index contributed by atoms with van der Waals surface area (Å²) in [5.41, 5.74) is 0. The van der Waals surface area contributed by atoms with Crippen LogP contribution in [0.4, 0.5) is 0 Å². The monoisotopic (exact) mass is 376 g/mol. The average Bonchev–Trinajstić information content (AvgIpc) is 2.16. The summed E-state index contributed by atoms with van der Waals surface area (Å²) in [4.78, 5) is 7.93. The third-order valence-corrected chi connectivity index (χ3v) is 6.85. The van der Waals surface area contributed by atoms with Crippen molar-refractivity contribution in [3.8, 4) is 11.9 Å². The van der Waals surface area contributed by atoms with Gasteiger partial charge in [0.1, 0.15) is 0 Å². The Balaban J connectivity index is 3.02. The van der Waals surface area contributed by atoms with E-state index in [-0.39, 0.29) is 0 Å². The zero-order valence-corrected chi connectivity index (χ0v) is 13.1. The predicted octanol–water partition coefficient (Wildman–Crippen LogP) is 0.355. The van der Waals surface area contributed by atoms with Crippen LogP contribution in [0.25, 0.3) is 0 Å². The molecule has 0 saturated carbocycles. The number of hydrogen-bond acceptors (Lipinski definition) is 4. The third-order valence-electron chi connectivity index (χ3n) is 1.32. The maximum absolute atomic E-state index is 5.83. The molecule has 1 rings (SSSR count). The standard InChI is InChI=1S/C6H7N2O2.ClH.Hg/c1-9-5-3-4-7-6(8-5)10-2;;/h4H,1-2H3;1H;/q;;+1/p-1. The van der Waals surface area contributed by atoms with Crippen LogP contribution in [0.1, 0.15) is 0 Å². The molecule has 0 aliphatic heterocycles. The molecule has 4 nitrogen and oxygen atoms in total. The fraction of sp³-hybridized carbons (Fsp3) is 0.333. The third kappa shape index (κ3) is 2.20. The molecule has 0 atom stereocenters. The second-order valence-corrected chi connectivity index (χ2v) is 8.37. The molecule has 0 radical (unpaired) electrons. The first-order chi connectivity index (χ1) is 5.81. The zero-order valence-electron chi connectivity index (χ0n) is 6.87. The number of aromatic nitrogens is 2. The van der Waals surface area contributed by atoms with Crippen LogP contribution in [0.3, 0.4) is 0 Å². The first-order valence-electron chi connectivity index (χ1n) is 3.31. The first-order valence-corrected chi connectivity index (χ1v) is 12.8. The number of rotatable bonds is 3. The Bertz CT molecular complexity index is 272. The number of halogens is 1. The molecule has 1 aromatic heterocycles. The summed E-state index contributed by atoms with van der Waals surface area (Å²) in [6, 6.07) is 0.314. The fourth-order valence-electron chi connectivity index (χ4n) is 0.743. The van der Waals surface area contributed by atoms with Gasteiger partial charge in [-0.1, -0.05) is 0 Å². The molecule has 6 heteroatoms. The first kappa shape index (κ1) is 9.99. The summed E-state index contributed by atoms with van der Waals surface area (Å²) < 4.78 is 10.8. The molecule has 0 fully saturated rings. The normalized spacial score (nSPS) is 8.92. The number of methoxy groups -OCH3 is 2. The second kappa shape index (κ2) is 4.82. The Hall–Kier alpha value is -0.0949. The van der Waals surface area contributed by atoms with Crippen molar-refractivity contribution in [2.45, 2.75) is 0 Å². The molecule has 1 aromatic rings. The van der Waals surface area contributed by atoms with E-state index in [4.69, 9.17) is 17.7 Å². The van der Waals surface area contributed by atoms with E-state index < -0.39 is 23.3 Å². The van der Waals surface area contributed by atoms with Gasteiger partial charge in [0.15, 0.2) is 0 Å². The fourth-order valence-corrected chi connectivity index (χ4v) is 4.29. The molecule has 0 N–H and O–H groups in total. The van der Waals surface area contributed by atoms with Gasteiger partial charge in [-0.05, 0) is 0 Å². The molecule has 1 heterocycles. The Morgan fingerprint density at radius 1 is 1.42 bits per heavy atom. The van der Waals surface area contributed by atoms with Crippen LogP contribution in [0.15, 0.2) is 6.20 Å². The van der Waals surface area contributed by atoms with Crippen molar-refractivity contribution in [2.75, 3.05) is 14.2 Å². The summed E-state index contributed by atoms with van der Waals surface area (Å²) in [7, 11) is 8.90. The molecule has 0 unspecified atom stereocenters. The molecule has 0 amide bonds. The van der Waals surface area contributed by atoms with E-state index in [1.807, 2.05) is 0 Å². The van der Waals surface area contributed by atoms with Crippen LogP contribution in [0, 0.1) is 0 Å². The van der Waals surface area contributed by atoms with Crippen molar-refractivity contribution in [3.63, 3.8) is 0 Å². The number of hydrogen-bond donors (Lipinski definition) is 0. The predicted molar refractivity (Wildman–Crippen MR) is 40.6 cm³/mol. The second-order valence-electron chi connectivity index (χ2n) is 2.02. The molecular weight excluding hydrogens is 368 g/mol. The summed E-state index contributed by atoms with van der Waals surface area (Å²) in [6.45, 7) is 0. The molecule has 62 valence electrons. The molecule has 0 bridgehead atoms. The van der Waals surface area contributed by atoms with Gasteiger partial charge < -0.3 is 0 Å². The van der Waals surface area contributed by atoms with Crippen LogP contribution >= 0.6 is 8.25 Å². The SMILES string of the molecule is COc1nc[c]([Hg][Cl])c(OC)n1. The quantitative estimate of drug-likeness (QED) is 0.716. The van der Waals surface area contributed by atoms with Gasteiger partial charge in [0, 0.05) is 0 Å². The van der Waals surface area contributed by atoms with Crippen molar-refractivity contribution < 1.29 is 32.8 Å². The topological polar surface area (TPSA) is 44.2 Å². The summed E-state index contributed by atoms with van der Waals surface area (Å²) in [5.74, 6) is 0.554. The average molecular weight is 375 g/mol. The van der Waals surface area contributed by atoms with E-state index in [1.54, 1.807) is 13.3 Å². The molecule has 0 aromatic carbocycles. The maximum atomic E-state index is 5.83. The van der Waals surface area contributed by atoms with Gasteiger partial charge >= 0.3 is 86.4 Å².